The highest BCUT2D eigenvalue weighted by Gasteiger charge is 2.31. The molecule has 0 spiro atoms. The third-order valence-electron chi connectivity index (χ3n) is 3.63. The molecule has 1 saturated heterocycles. The van der Waals surface area contributed by atoms with Crippen LogP contribution in [0.5, 0.6) is 0 Å². The van der Waals surface area contributed by atoms with E-state index in [1.165, 1.54) is 6.07 Å². The summed E-state index contributed by atoms with van der Waals surface area (Å²) >= 11 is 0. The Kier molecular flexibility index (Phi) is 5.28. The Morgan fingerprint density at radius 1 is 1.23 bits per heavy atom. The van der Waals surface area contributed by atoms with E-state index in [1.54, 1.807) is 7.05 Å². The Bertz CT molecular complexity index is 525. The van der Waals surface area contributed by atoms with Crippen molar-refractivity contribution in [1.29, 1.82) is 0 Å². The lowest BCUT2D eigenvalue weighted by Gasteiger charge is -2.31. The van der Waals surface area contributed by atoms with Crippen LogP contribution in [-0.4, -0.2) is 32.6 Å². The SMILES string of the molecule is CNCC(=O)Nc1cc(C(F)(F)F)ccc1N1CCCCC1. The van der Waals surface area contributed by atoms with Gasteiger partial charge in [-0.2, -0.15) is 13.2 Å². The number of hydrogen-bond donors (Lipinski definition) is 2. The molecule has 7 heteroatoms. The lowest BCUT2D eigenvalue weighted by Crippen LogP contribution is -2.31. The summed E-state index contributed by atoms with van der Waals surface area (Å²) in [6, 6.07) is 3.53. The number of carbonyl (C=O) groups excluding carboxylic acids is 1. The summed E-state index contributed by atoms with van der Waals surface area (Å²) in [5.74, 6) is -0.361. The van der Waals surface area contributed by atoms with E-state index >= 15 is 0 Å². The highest BCUT2D eigenvalue weighted by Crippen LogP contribution is 2.36. The number of halogens is 3. The minimum absolute atomic E-state index is 0.0513. The van der Waals surface area contributed by atoms with Crippen LogP contribution >= 0.6 is 0 Å². The van der Waals surface area contributed by atoms with E-state index < -0.39 is 11.7 Å². The molecule has 1 aromatic carbocycles. The van der Waals surface area contributed by atoms with Crippen LogP contribution < -0.4 is 15.5 Å². The molecule has 4 nitrogen and oxygen atoms in total. The van der Waals surface area contributed by atoms with Crippen LogP contribution in [0.2, 0.25) is 0 Å². The average Bonchev–Trinajstić information content (AvgIpc) is 2.47. The average molecular weight is 315 g/mol. The number of anilines is 2. The number of nitrogens with zero attached hydrogens (tertiary/aromatic N) is 1. The van der Waals surface area contributed by atoms with Crippen LogP contribution in [0.15, 0.2) is 18.2 Å². The summed E-state index contributed by atoms with van der Waals surface area (Å²) in [6.07, 6.45) is -1.29. The topological polar surface area (TPSA) is 44.4 Å². The van der Waals surface area contributed by atoms with Gasteiger partial charge in [0.25, 0.3) is 0 Å². The van der Waals surface area contributed by atoms with E-state index in [1.807, 2.05) is 4.90 Å². The van der Waals surface area contributed by atoms with Gasteiger partial charge in [0.05, 0.1) is 23.5 Å². The monoisotopic (exact) mass is 315 g/mol. The van der Waals surface area contributed by atoms with Crippen molar-refractivity contribution in [2.24, 2.45) is 0 Å². The van der Waals surface area contributed by atoms with Crippen LogP contribution in [0, 0.1) is 0 Å². The van der Waals surface area contributed by atoms with Crippen LogP contribution in [0.1, 0.15) is 24.8 Å². The smallest absolute Gasteiger partial charge is 0.370 e. The fourth-order valence-electron chi connectivity index (χ4n) is 2.58. The van der Waals surface area contributed by atoms with Crippen molar-refractivity contribution in [1.82, 2.24) is 5.32 Å². The maximum Gasteiger partial charge on any atom is 0.416 e. The number of carbonyl (C=O) groups is 1. The third-order valence-corrected chi connectivity index (χ3v) is 3.63. The van der Waals surface area contributed by atoms with Crippen molar-refractivity contribution in [3.63, 3.8) is 0 Å². The minimum Gasteiger partial charge on any atom is -0.370 e. The van der Waals surface area contributed by atoms with E-state index in [0.29, 0.717) is 5.69 Å². The quantitative estimate of drug-likeness (QED) is 0.898. The molecule has 1 aromatic rings. The van der Waals surface area contributed by atoms with Crippen molar-refractivity contribution in [3.8, 4) is 0 Å². The van der Waals surface area contributed by atoms with Gasteiger partial charge in [0.2, 0.25) is 5.91 Å². The summed E-state index contributed by atoms with van der Waals surface area (Å²) in [4.78, 5) is 13.8. The van der Waals surface area contributed by atoms with Crippen molar-refractivity contribution in [2.75, 3.05) is 36.9 Å². The molecule has 0 aromatic heterocycles. The van der Waals surface area contributed by atoms with E-state index in [0.717, 1.165) is 44.5 Å². The first-order valence-corrected chi connectivity index (χ1v) is 7.32. The van der Waals surface area contributed by atoms with E-state index in [2.05, 4.69) is 10.6 Å². The van der Waals surface area contributed by atoms with E-state index in [4.69, 9.17) is 0 Å². The summed E-state index contributed by atoms with van der Waals surface area (Å²) in [5, 5.41) is 5.26. The number of amides is 1. The van der Waals surface area contributed by atoms with Gasteiger partial charge in [0.15, 0.2) is 0 Å². The van der Waals surface area contributed by atoms with E-state index in [9.17, 15) is 18.0 Å². The Balaban J connectivity index is 2.32. The van der Waals surface area contributed by atoms with Gasteiger partial charge in [0, 0.05) is 13.1 Å². The van der Waals surface area contributed by atoms with Gasteiger partial charge < -0.3 is 15.5 Å². The van der Waals surface area contributed by atoms with Crippen molar-refractivity contribution in [3.05, 3.63) is 23.8 Å². The molecular formula is C15H20F3N3O. The first kappa shape index (κ1) is 16.6. The molecule has 1 amide bonds. The molecule has 1 heterocycles. The molecule has 0 atom stereocenters. The van der Waals surface area contributed by atoms with Crippen LogP contribution in [-0.2, 0) is 11.0 Å². The zero-order chi connectivity index (χ0) is 16.2. The van der Waals surface area contributed by atoms with Crippen molar-refractivity contribution >= 4 is 17.3 Å². The molecule has 0 unspecified atom stereocenters. The predicted octanol–water partition coefficient (Wildman–Crippen LogP) is 2.85. The normalized spacial score (nSPS) is 15.7. The van der Waals surface area contributed by atoms with Gasteiger partial charge in [0.1, 0.15) is 0 Å². The van der Waals surface area contributed by atoms with Crippen molar-refractivity contribution in [2.45, 2.75) is 25.4 Å². The van der Waals surface area contributed by atoms with Crippen LogP contribution in [0.4, 0.5) is 24.5 Å². The Labute approximate surface area is 127 Å². The van der Waals surface area contributed by atoms with Crippen molar-refractivity contribution < 1.29 is 18.0 Å². The van der Waals surface area contributed by atoms with Gasteiger partial charge in [-0.1, -0.05) is 0 Å². The fourth-order valence-corrected chi connectivity index (χ4v) is 2.58. The minimum atomic E-state index is -4.43. The van der Waals surface area contributed by atoms with Gasteiger partial charge in [-0.05, 0) is 44.5 Å². The summed E-state index contributed by atoms with van der Waals surface area (Å²) in [5.41, 5.74) is 0.113. The van der Waals surface area contributed by atoms with E-state index in [-0.39, 0.29) is 18.1 Å². The lowest BCUT2D eigenvalue weighted by molar-refractivity contribution is -0.137. The fraction of sp³-hybridized carbons (Fsp3) is 0.533. The number of alkyl halides is 3. The second kappa shape index (κ2) is 7.00. The molecule has 0 radical (unpaired) electrons. The molecule has 1 aliphatic rings. The molecule has 0 aliphatic carbocycles. The zero-order valence-electron chi connectivity index (χ0n) is 12.5. The lowest BCUT2D eigenvalue weighted by atomic mass is 10.1. The number of rotatable bonds is 4. The maximum atomic E-state index is 12.9. The van der Waals surface area contributed by atoms with Crippen LogP contribution in [0.25, 0.3) is 0 Å². The molecular weight excluding hydrogens is 295 g/mol. The first-order chi connectivity index (χ1) is 10.4. The van der Waals surface area contributed by atoms with Gasteiger partial charge in [-0.15, -0.1) is 0 Å². The molecule has 2 N–H and O–H groups in total. The number of benzene rings is 1. The molecule has 2 rings (SSSR count). The number of nitrogens with one attached hydrogen (secondary N) is 2. The maximum absolute atomic E-state index is 12.9. The Morgan fingerprint density at radius 3 is 2.50 bits per heavy atom. The molecule has 122 valence electrons. The Hall–Kier alpha value is -1.76. The standard InChI is InChI=1S/C15H20F3N3O/c1-19-10-14(22)20-12-9-11(15(16,17)18)5-6-13(12)21-7-3-2-4-8-21/h5-6,9,19H,2-4,7-8,10H2,1H3,(H,20,22). The summed E-state index contributed by atoms with van der Waals surface area (Å²) in [6.45, 7) is 1.64. The molecule has 1 fully saturated rings. The largest absolute Gasteiger partial charge is 0.416 e. The highest BCUT2D eigenvalue weighted by molar-refractivity contribution is 5.95. The molecule has 1 aliphatic heterocycles. The molecule has 0 bridgehead atoms. The second-order valence-corrected chi connectivity index (χ2v) is 5.36. The van der Waals surface area contributed by atoms with Gasteiger partial charge in [-0.25, -0.2) is 0 Å². The Morgan fingerprint density at radius 2 is 1.91 bits per heavy atom. The summed E-state index contributed by atoms with van der Waals surface area (Å²) in [7, 11) is 1.61. The number of piperidine rings is 1. The highest BCUT2D eigenvalue weighted by atomic mass is 19.4. The summed E-state index contributed by atoms with van der Waals surface area (Å²) < 4.78 is 38.7. The zero-order valence-corrected chi connectivity index (χ0v) is 12.5. The first-order valence-electron chi connectivity index (χ1n) is 7.32. The van der Waals surface area contributed by atoms with Gasteiger partial charge >= 0.3 is 6.18 Å². The number of hydrogen-bond acceptors (Lipinski definition) is 3. The van der Waals surface area contributed by atoms with Gasteiger partial charge in [-0.3, -0.25) is 4.79 Å². The van der Waals surface area contributed by atoms with Crippen LogP contribution in [0.3, 0.4) is 0 Å². The number of likely N-dealkylation sites (N-methyl/N-ethyl adjacent to an activating group) is 1. The molecule has 0 saturated carbocycles. The predicted molar refractivity (Wildman–Crippen MR) is 80.1 cm³/mol. The molecule has 22 heavy (non-hydrogen) atoms. The third kappa shape index (κ3) is 4.13. The second-order valence-electron chi connectivity index (χ2n) is 5.36.